The molecule has 0 aliphatic heterocycles. The van der Waals surface area contributed by atoms with Gasteiger partial charge in [-0.2, -0.15) is 13.5 Å². The summed E-state index contributed by atoms with van der Waals surface area (Å²) in [5.41, 5.74) is 1.91. The molecule has 0 unspecified atom stereocenters. The Labute approximate surface area is 258 Å². The maximum Gasteiger partial charge on any atom is 1.00 e. The molecule has 0 saturated heterocycles. The van der Waals surface area contributed by atoms with Gasteiger partial charge in [0.25, 0.3) is 5.69 Å². The second-order valence-corrected chi connectivity index (χ2v) is 11.5. The van der Waals surface area contributed by atoms with Crippen LogP contribution in [0.15, 0.2) is 105 Å². The first-order valence-corrected chi connectivity index (χ1v) is 14.3. The van der Waals surface area contributed by atoms with Gasteiger partial charge in [-0.25, -0.2) is 8.42 Å². The third-order valence-electron chi connectivity index (χ3n) is 5.49. The smallest absolute Gasteiger partial charge is 0.744 e. The molecule has 15 heteroatoms. The fraction of sp³-hybridized carbons (Fsp3) is 0.0769. The van der Waals surface area contributed by atoms with E-state index >= 15 is 0 Å². The van der Waals surface area contributed by atoms with E-state index in [9.17, 15) is 31.5 Å². The first-order chi connectivity index (χ1) is 18.8. The molecule has 0 fully saturated rings. The number of benzene rings is 4. The Morgan fingerprint density at radius 1 is 0.805 bits per heavy atom. The van der Waals surface area contributed by atoms with Gasteiger partial charge in [0.15, 0.2) is 5.75 Å². The second kappa shape index (κ2) is 12.9. The molecule has 0 saturated carbocycles. The Morgan fingerprint density at radius 2 is 1.44 bits per heavy atom. The van der Waals surface area contributed by atoms with E-state index in [0.717, 1.165) is 23.3 Å². The molecular weight excluding hydrogens is 583 g/mol. The van der Waals surface area contributed by atoms with Gasteiger partial charge < -0.3 is 14.1 Å². The van der Waals surface area contributed by atoms with E-state index in [1.54, 1.807) is 31.2 Å². The van der Waals surface area contributed by atoms with E-state index in [1.807, 2.05) is 6.92 Å². The monoisotopic (exact) mass is 604 g/mol. The Hall–Kier alpha value is -3.66. The summed E-state index contributed by atoms with van der Waals surface area (Å²) in [6.45, 7) is 3.63. The van der Waals surface area contributed by atoms with E-state index in [1.165, 1.54) is 42.5 Å². The van der Waals surface area contributed by atoms with Crippen LogP contribution in [-0.2, 0) is 20.2 Å². The molecule has 0 spiro atoms. The maximum atomic E-state index is 12.8. The minimum absolute atomic E-state index is 0. The Balaban J connectivity index is 0.00000462. The number of nitrogens with zero attached hydrogens (tertiary/aromatic N) is 3. The summed E-state index contributed by atoms with van der Waals surface area (Å²) in [6, 6.07) is 20.0. The van der Waals surface area contributed by atoms with Gasteiger partial charge in [-0.15, -0.1) is 5.11 Å². The number of non-ortho nitro benzene ring substituents is 1. The minimum atomic E-state index is -5.00. The quantitative estimate of drug-likeness (QED) is 0.0750. The minimum Gasteiger partial charge on any atom is -0.744 e. The molecule has 0 bridgehead atoms. The van der Waals surface area contributed by atoms with Gasteiger partial charge in [-0.3, -0.25) is 10.1 Å². The zero-order chi connectivity index (χ0) is 29.1. The van der Waals surface area contributed by atoms with Crippen molar-refractivity contribution < 1.29 is 60.1 Å². The topological polar surface area (TPSA) is 180 Å². The number of hydrogen-bond acceptors (Lipinski definition) is 11. The van der Waals surface area contributed by atoms with Gasteiger partial charge in [0.05, 0.1) is 21.2 Å². The van der Waals surface area contributed by atoms with Gasteiger partial charge in [0.1, 0.15) is 20.7 Å². The molecule has 0 atom stereocenters. The van der Waals surface area contributed by atoms with Crippen molar-refractivity contribution >= 4 is 48.7 Å². The van der Waals surface area contributed by atoms with Crippen molar-refractivity contribution in [3.63, 3.8) is 0 Å². The van der Waals surface area contributed by atoms with Crippen molar-refractivity contribution in [2.24, 2.45) is 10.2 Å². The molecule has 0 heterocycles. The summed E-state index contributed by atoms with van der Waals surface area (Å²) in [7, 11) is -9.12. The molecular formula is C26H21N4NaO8S2. The number of nitro groups is 1. The summed E-state index contributed by atoms with van der Waals surface area (Å²) in [4.78, 5) is 9.39. The van der Waals surface area contributed by atoms with Gasteiger partial charge in [-0.1, -0.05) is 23.8 Å². The van der Waals surface area contributed by atoms with Crippen molar-refractivity contribution in [1.29, 1.82) is 0 Å². The zero-order valence-corrected chi connectivity index (χ0v) is 25.6. The first-order valence-electron chi connectivity index (χ1n) is 11.5. The standard InChI is InChI=1S/C26H22N4O8S2.Na/c1-17-3-11-22(12-4-17)40(36,37)38-25-14-5-18(2)15-24(25)29-28-20-8-6-19(7-9-20)27-23-13-10-21(30(31)32)16-26(23)39(33,34)35;/h3-16,27H,1-2H3,(H,33,34,35);/q;+1/p-1. The van der Waals surface area contributed by atoms with Crippen molar-refractivity contribution in [2.75, 3.05) is 5.32 Å². The molecule has 4 aromatic carbocycles. The van der Waals surface area contributed by atoms with E-state index in [2.05, 4.69) is 15.5 Å². The average Bonchev–Trinajstić information content (AvgIpc) is 2.89. The number of anilines is 2. The molecule has 206 valence electrons. The number of rotatable bonds is 9. The van der Waals surface area contributed by atoms with Gasteiger partial charge in [-0.05, 0) is 74.0 Å². The van der Waals surface area contributed by atoms with Crippen LogP contribution in [-0.4, -0.2) is 26.3 Å². The molecule has 0 aromatic heterocycles. The Kier molecular flexibility index (Phi) is 10.0. The fourth-order valence-corrected chi connectivity index (χ4v) is 5.06. The number of aryl methyl sites for hydroxylation is 2. The molecule has 0 aliphatic rings. The molecule has 4 aromatic rings. The summed E-state index contributed by atoms with van der Waals surface area (Å²) < 4.78 is 65.8. The first kappa shape index (κ1) is 31.9. The van der Waals surface area contributed by atoms with Crippen molar-refractivity contribution in [3.05, 3.63) is 106 Å². The molecule has 4 rings (SSSR count). The van der Waals surface area contributed by atoms with Crippen molar-refractivity contribution in [3.8, 4) is 5.75 Å². The van der Waals surface area contributed by atoms with Gasteiger partial charge in [0.2, 0.25) is 0 Å². The Bertz CT molecular complexity index is 1830. The normalized spacial score (nSPS) is 11.6. The maximum absolute atomic E-state index is 12.8. The molecule has 0 amide bonds. The predicted octanol–water partition coefficient (Wildman–Crippen LogP) is 3.05. The van der Waals surface area contributed by atoms with Crippen LogP contribution in [0.25, 0.3) is 0 Å². The Morgan fingerprint density at radius 3 is 2.05 bits per heavy atom. The number of nitro benzene ring substituents is 1. The average molecular weight is 605 g/mol. The zero-order valence-electron chi connectivity index (χ0n) is 22.0. The van der Waals surface area contributed by atoms with Crippen LogP contribution < -0.4 is 39.1 Å². The van der Waals surface area contributed by atoms with Crippen LogP contribution >= 0.6 is 0 Å². The van der Waals surface area contributed by atoms with E-state index < -0.39 is 35.7 Å². The second-order valence-electron chi connectivity index (χ2n) is 8.59. The van der Waals surface area contributed by atoms with Crippen LogP contribution in [0.5, 0.6) is 5.75 Å². The van der Waals surface area contributed by atoms with Crippen LogP contribution in [0.2, 0.25) is 0 Å². The summed E-state index contributed by atoms with van der Waals surface area (Å²) >= 11 is 0. The molecule has 0 aliphatic carbocycles. The van der Waals surface area contributed by atoms with Crippen LogP contribution in [0.3, 0.4) is 0 Å². The number of hydrogen-bond donors (Lipinski definition) is 1. The third-order valence-corrected chi connectivity index (χ3v) is 7.61. The van der Waals surface area contributed by atoms with E-state index in [-0.39, 0.29) is 51.6 Å². The van der Waals surface area contributed by atoms with Crippen LogP contribution in [0.1, 0.15) is 11.1 Å². The summed E-state index contributed by atoms with van der Waals surface area (Å²) in [5.74, 6) is -0.0160. The summed E-state index contributed by atoms with van der Waals surface area (Å²) in [6.07, 6.45) is 0. The van der Waals surface area contributed by atoms with E-state index in [4.69, 9.17) is 4.18 Å². The number of azo groups is 1. The summed E-state index contributed by atoms with van der Waals surface area (Å²) in [5, 5.41) is 22.0. The SMILES string of the molecule is Cc1ccc(S(=O)(=O)Oc2ccc(C)cc2N=Nc2ccc(Nc3ccc([N+](=O)[O-])cc3S(=O)(=O)[O-])cc2)cc1.[Na+]. The molecule has 0 radical (unpaired) electrons. The van der Waals surface area contributed by atoms with Gasteiger partial charge in [0, 0.05) is 17.8 Å². The largest absolute Gasteiger partial charge is 1.00 e. The van der Waals surface area contributed by atoms with Crippen molar-refractivity contribution in [1.82, 2.24) is 0 Å². The predicted molar refractivity (Wildman–Crippen MR) is 145 cm³/mol. The molecule has 1 N–H and O–H groups in total. The van der Waals surface area contributed by atoms with Gasteiger partial charge >= 0.3 is 39.7 Å². The van der Waals surface area contributed by atoms with Crippen LogP contribution in [0.4, 0.5) is 28.4 Å². The van der Waals surface area contributed by atoms with Crippen molar-refractivity contribution in [2.45, 2.75) is 23.6 Å². The fourth-order valence-electron chi connectivity index (χ4n) is 3.46. The molecule has 41 heavy (non-hydrogen) atoms. The number of nitrogens with one attached hydrogen (secondary N) is 1. The third kappa shape index (κ3) is 8.19. The van der Waals surface area contributed by atoms with E-state index in [0.29, 0.717) is 17.4 Å². The molecule has 12 nitrogen and oxygen atoms in total. The van der Waals surface area contributed by atoms with Crippen LogP contribution in [0, 0.1) is 24.0 Å².